The first-order valence-corrected chi connectivity index (χ1v) is 16.9. The first kappa shape index (κ1) is 38.3. The average molecular weight is 744 g/mol. The number of aliphatic hydroxyl groups is 1. The maximum Gasteiger partial charge on any atom is 0.409 e. The summed E-state index contributed by atoms with van der Waals surface area (Å²) in [7, 11) is 0. The number of guanidine groups is 1. The van der Waals surface area contributed by atoms with Gasteiger partial charge in [-0.05, 0) is 67.9 Å². The molecule has 0 spiro atoms. The molecule has 13 nitrogen and oxygen atoms in total. The minimum absolute atomic E-state index is 0.00537. The lowest BCUT2D eigenvalue weighted by molar-refractivity contribution is -0.133. The fourth-order valence-corrected chi connectivity index (χ4v) is 6.26. The fraction of sp³-hybridized carbons (Fsp3) is 0.429. The molecular formula is C35H41ClF3N9O4. The van der Waals surface area contributed by atoms with Gasteiger partial charge in [0.25, 0.3) is 5.91 Å². The summed E-state index contributed by atoms with van der Waals surface area (Å²) >= 11 is 6.36. The van der Waals surface area contributed by atoms with E-state index in [1.54, 1.807) is 30.1 Å². The number of amides is 2. The molecule has 0 bridgehead atoms. The van der Waals surface area contributed by atoms with Crippen LogP contribution in [-0.4, -0.2) is 74.7 Å². The van der Waals surface area contributed by atoms with Crippen molar-refractivity contribution in [3.8, 4) is 0 Å². The molecule has 0 radical (unpaired) electrons. The number of alkyl carbamates (subject to hydrolysis) is 1. The number of ether oxygens (including phenoxy) is 1. The Balaban J connectivity index is 1.56. The van der Waals surface area contributed by atoms with Gasteiger partial charge in [0.1, 0.15) is 25.0 Å². The van der Waals surface area contributed by atoms with E-state index in [2.05, 4.69) is 32.1 Å². The van der Waals surface area contributed by atoms with Crippen LogP contribution in [0.1, 0.15) is 77.1 Å². The zero-order valence-electron chi connectivity index (χ0n) is 29.4. The molecule has 3 aliphatic rings. The third-order valence-electron chi connectivity index (χ3n) is 8.46. The summed E-state index contributed by atoms with van der Waals surface area (Å²) in [5.41, 5.74) is 4.76. The van der Waals surface area contributed by atoms with Crippen molar-refractivity contribution in [3.05, 3.63) is 76.9 Å². The third-order valence-corrected chi connectivity index (χ3v) is 8.78. The molecule has 0 saturated heterocycles. The van der Waals surface area contributed by atoms with Crippen molar-refractivity contribution in [2.45, 2.75) is 83.8 Å². The molecule has 0 unspecified atom stereocenters. The van der Waals surface area contributed by atoms with Gasteiger partial charge in [-0.15, -0.1) is 0 Å². The summed E-state index contributed by atoms with van der Waals surface area (Å²) in [5, 5.41) is 20.1. The van der Waals surface area contributed by atoms with Crippen LogP contribution in [0.15, 0.2) is 75.8 Å². The molecular weight excluding hydrogens is 703 g/mol. The smallest absolute Gasteiger partial charge is 0.409 e. The Labute approximate surface area is 304 Å². The SMILES string of the molecule is C=C(/C=C(F)\C(=C/C)c1cnn(C2CC2)c1)[C@@]1(CC(C)(C)C)N=C(N)N([C@H](COC(=O)N[C@@H](C)O)c2ccc(Cl)c(N3N=CN=CC3(F)F)c2)C1=O. The van der Waals surface area contributed by atoms with E-state index < -0.39 is 53.7 Å². The van der Waals surface area contributed by atoms with Gasteiger partial charge in [0, 0.05) is 17.3 Å². The number of nitrogens with two attached hydrogens (primary N) is 1. The standard InChI is InChI=1S/C35H41ClF3N9O4/c1-7-25(23-14-42-46(15-23)24-9-10-24)27(37)12-20(2)34(17-33(4,5)6)30(50)47(31(40)45-34)29(16-52-32(51)44-21(3)49)22-8-11-26(36)28(13-22)48-35(38,39)18-41-19-43-48/h7-8,11-15,18-19,21,24,29,49H,2,9-10,16-17H2,1,3-6H3,(H2,40,45)(H,44,51)/b25-7-,27-12+/t21-,29-,34-/m1/s1. The van der Waals surface area contributed by atoms with Crippen molar-refractivity contribution in [3.63, 3.8) is 0 Å². The number of aliphatic imine (C=N–C) groups is 2. The van der Waals surface area contributed by atoms with Gasteiger partial charge in [-0.25, -0.2) is 19.2 Å². The molecule has 1 aliphatic carbocycles. The highest BCUT2D eigenvalue weighted by atomic mass is 35.5. The van der Waals surface area contributed by atoms with Crippen LogP contribution in [0.5, 0.6) is 0 Å². The van der Waals surface area contributed by atoms with Crippen LogP contribution in [0.25, 0.3) is 5.57 Å². The van der Waals surface area contributed by atoms with Crippen LogP contribution in [0, 0.1) is 5.41 Å². The molecule has 52 heavy (non-hydrogen) atoms. The largest absolute Gasteiger partial charge is 0.447 e. The number of rotatable bonds is 12. The molecule has 1 saturated carbocycles. The number of nitrogens with zero attached hydrogens (tertiary/aromatic N) is 7. The molecule has 2 amide bonds. The summed E-state index contributed by atoms with van der Waals surface area (Å²) < 4.78 is 53.1. The molecule has 1 aromatic carbocycles. The van der Waals surface area contributed by atoms with E-state index >= 15 is 4.39 Å². The minimum atomic E-state index is -3.66. The molecule has 4 N–H and O–H groups in total. The number of hydrazone groups is 1. The molecule has 2 aromatic rings. The maximum atomic E-state index is 16.2. The molecule has 2 aliphatic heterocycles. The van der Waals surface area contributed by atoms with E-state index in [-0.39, 0.29) is 45.8 Å². The Kier molecular flexibility index (Phi) is 10.7. The number of benzene rings is 1. The molecule has 278 valence electrons. The van der Waals surface area contributed by atoms with Crippen molar-refractivity contribution in [2.24, 2.45) is 26.2 Å². The maximum absolute atomic E-state index is 16.2. The number of carbonyl (C=O) groups excluding carboxylic acids is 2. The summed E-state index contributed by atoms with van der Waals surface area (Å²) in [6, 6.07) is -0.678. The molecule has 3 heterocycles. The van der Waals surface area contributed by atoms with Gasteiger partial charge in [-0.3, -0.25) is 19.7 Å². The normalized spacial score (nSPS) is 21.7. The van der Waals surface area contributed by atoms with Crippen molar-refractivity contribution in [1.82, 2.24) is 20.0 Å². The number of anilines is 1. The zero-order valence-corrected chi connectivity index (χ0v) is 30.1. The lowest BCUT2D eigenvalue weighted by atomic mass is 9.75. The lowest BCUT2D eigenvalue weighted by Gasteiger charge is -2.35. The quantitative estimate of drug-likeness (QED) is 0.132. The van der Waals surface area contributed by atoms with E-state index in [0.717, 1.165) is 30.2 Å². The van der Waals surface area contributed by atoms with Crippen LogP contribution in [0.4, 0.5) is 23.7 Å². The van der Waals surface area contributed by atoms with Gasteiger partial charge in [-0.1, -0.05) is 51.1 Å². The highest BCUT2D eigenvalue weighted by molar-refractivity contribution is 6.33. The number of aromatic nitrogens is 2. The molecule has 17 heteroatoms. The first-order valence-electron chi connectivity index (χ1n) is 16.5. The van der Waals surface area contributed by atoms with E-state index in [1.165, 1.54) is 25.1 Å². The van der Waals surface area contributed by atoms with Gasteiger partial charge < -0.3 is 15.6 Å². The fourth-order valence-electron chi connectivity index (χ4n) is 6.06. The molecule has 3 atom stereocenters. The van der Waals surface area contributed by atoms with E-state index in [9.17, 15) is 23.5 Å². The highest BCUT2D eigenvalue weighted by Crippen LogP contribution is 2.45. The number of aliphatic hydroxyl groups excluding tert-OH is 1. The number of carbonyl (C=O) groups is 2. The van der Waals surface area contributed by atoms with E-state index in [1.807, 2.05) is 20.8 Å². The predicted octanol–water partition coefficient (Wildman–Crippen LogP) is 6.25. The second kappa shape index (κ2) is 14.6. The second-order valence-corrected chi connectivity index (χ2v) is 14.4. The Bertz CT molecular complexity index is 1890. The summed E-state index contributed by atoms with van der Waals surface area (Å²) in [6.45, 7) is 12.1. The van der Waals surface area contributed by atoms with Gasteiger partial charge in [-0.2, -0.15) is 24.0 Å². The van der Waals surface area contributed by atoms with Crippen LogP contribution in [-0.2, 0) is 9.53 Å². The molecule has 5 rings (SSSR count). The monoisotopic (exact) mass is 743 g/mol. The van der Waals surface area contributed by atoms with Gasteiger partial charge in [0.15, 0.2) is 11.5 Å². The van der Waals surface area contributed by atoms with E-state index in [4.69, 9.17) is 22.1 Å². The van der Waals surface area contributed by atoms with Gasteiger partial charge in [0.2, 0.25) is 0 Å². The van der Waals surface area contributed by atoms with Crippen molar-refractivity contribution in [2.75, 3.05) is 11.6 Å². The van der Waals surface area contributed by atoms with Crippen LogP contribution < -0.4 is 16.1 Å². The number of allylic oxidation sites excluding steroid dienone is 3. The predicted molar refractivity (Wildman–Crippen MR) is 193 cm³/mol. The van der Waals surface area contributed by atoms with Crippen LogP contribution >= 0.6 is 11.6 Å². The van der Waals surface area contributed by atoms with E-state index in [0.29, 0.717) is 16.8 Å². The Morgan fingerprint density at radius 1 is 1.31 bits per heavy atom. The van der Waals surface area contributed by atoms with Crippen molar-refractivity contribution < 1.29 is 32.6 Å². The third kappa shape index (κ3) is 8.07. The molecule has 1 fully saturated rings. The van der Waals surface area contributed by atoms with Crippen LogP contribution in [0.3, 0.4) is 0 Å². The Morgan fingerprint density at radius 2 is 2.02 bits per heavy atom. The number of alkyl halides is 2. The average Bonchev–Trinajstić information content (AvgIpc) is 3.73. The summed E-state index contributed by atoms with van der Waals surface area (Å²) in [5.74, 6) is -1.73. The summed E-state index contributed by atoms with van der Waals surface area (Å²) in [6.07, 6.45) is 7.08. The molecule has 1 aromatic heterocycles. The topological polar surface area (TPSA) is 163 Å². The number of nitrogens with one attached hydrogen (secondary N) is 1. The minimum Gasteiger partial charge on any atom is -0.447 e. The summed E-state index contributed by atoms with van der Waals surface area (Å²) in [4.78, 5) is 36.4. The lowest BCUT2D eigenvalue weighted by Crippen LogP contribution is -2.49. The Morgan fingerprint density at radius 3 is 2.63 bits per heavy atom. The second-order valence-electron chi connectivity index (χ2n) is 14.0. The van der Waals surface area contributed by atoms with Gasteiger partial charge in [0.05, 0.1) is 35.2 Å². The number of halogens is 4. The van der Waals surface area contributed by atoms with Crippen molar-refractivity contribution in [1.29, 1.82) is 0 Å². The van der Waals surface area contributed by atoms with Crippen LogP contribution in [0.2, 0.25) is 5.02 Å². The Hall–Kier alpha value is -4.96. The number of hydrogen-bond acceptors (Lipinski definition) is 10. The zero-order chi connectivity index (χ0) is 38.2. The van der Waals surface area contributed by atoms with Crippen molar-refractivity contribution >= 4 is 53.4 Å². The first-order chi connectivity index (χ1) is 24.4. The number of hydrogen-bond donors (Lipinski definition) is 3. The van der Waals surface area contributed by atoms with Gasteiger partial charge >= 0.3 is 12.1 Å². The highest BCUT2D eigenvalue weighted by Gasteiger charge is 2.53.